The molecule has 2 aliphatic rings. The number of aliphatic imine (C=N–C) groups is 1. The molecule has 0 aliphatic carbocycles. The third kappa shape index (κ3) is 4.48. The van der Waals surface area contributed by atoms with Crippen molar-refractivity contribution < 1.29 is 4.74 Å². The predicted molar refractivity (Wildman–Crippen MR) is 98.2 cm³/mol. The molecule has 2 N–H and O–H groups in total. The van der Waals surface area contributed by atoms with E-state index in [-0.39, 0.29) is 6.04 Å². The molecule has 2 fully saturated rings. The van der Waals surface area contributed by atoms with Gasteiger partial charge in [0.15, 0.2) is 5.96 Å². The Hall–Kier alpha value is -1.59. The van der Waals surface area contributed by atoms with E-state index < -0.39 is 0 Å². The van der Waals surface area contributed by atoms with Gasteiger partial charge in [0.25, 0.3) is 0 Å². The van der Waals surface area contributed by atoms with Crippen LogP contribution < -0.4 is 5.73 Å². The summed E-state index contributed by atoms with van der Waals surface area (Å²) in [4.78, 5) is 9.48. The lowest BCUT2D eigenvalue weighted by molar-refractivity contribution is 0.0179. The maximum absolute atomic E-state index is 6.27. The third-order valence-corrected chi connectivity index (χ3v) is 5.02. The van der Waals surface area contributed by atoms with Crippen molar-refractivity contribution in [3.05, 3.63) is 35.4 Å². The molecule has 3 rings (SSSR count). The molecule has 0 amide bonds. The standard InChI is InChI=1S/C19H30N4O/c1-16-6-5-7-17(14-16)18(22-10-12-24-13-11-22)15-21-19(20)23-8-3-2-4-9-23/h5-7,14,18H,2-4,8-13,15H2,1H3,(H2,20,21). The molecule has 1 aromatic carbocycles. The molecule has 1 atom stereocenters. The predicted octanol–water partition coefficient (Wildman–Crippen LogP) is 2.17. The van der Waals surface area contributed by atoms with Crippen LogP contribution in [0.5, 0.6) is 0 Å². The highest BCUT2D eigenvalue weighted by Crippen LogP contribution is 2.23. The molecule has 5 heteroatoms. The van der Waals surface area contributed by atoms with Crippen LogP contribution >= 0.6 is 0 Å². The van der Waals surface area contributed by atoms with E-state index in [1.165, 1.54) is 30.4 Å². The summed E-state index contributed by atoms with van der Waals surface area (Å²) in [5.41, 5.74) is 8.88. The molecule has 132 valence electrons. The van der Waals surface area contributed by atoms with Crippen LogP contribution in [0, 0.1) is 6.92 Å². The first-order valence-corrected chi connectivity index (χ1v) is 9.17. The van der Waals surface area contributed by atoms with Crippen LogP contribution in [-0.4, -0.2) is 61.7 Å². The average Bonchev–Trinajstić information content (AvgIpc) is 2.63. The number of benzene rings is 1. The number of nitrogens with two attached hydrogens (primary N) is 1. The Labute approximate surface area is 145 Å². The zero-order chi connectivity index (χ0) is 16.8. The molecular weight excluding hydrogens is 300 g/mol. The highest BCUT2D eigenvalue weighted by molar-refractivity contribution is 5.78. The lowest BCUT2D eigenvalue weighted by atomic mass is 10.0. The van der Waals surface area contributed by atoms with Gasteiger partial charge in [-0.05, 0) is 31.7 Å². The Bertz CT molecular complexity index is 548. The Kier molecular flexibility index (Phi) is 6.10. The maximum Gasteiger partial charge on any atom is 0.191 e. The van der Waals surface area contributed by atoms with Crippen molar-refractivity contribution in [1.29, 1.82) is 0 Å². The van der Waals surface area contributed by atoms with Crippen LogP contribution in [0.3, 0.4) is 0 Å². The minimum Gasteiger partial charge on any atom is -0.379 e. The van der Waals surface area contributed by atoms with Crippen molar-refractivity contribution in [3.63, 3.8) is 0 Å². The summed E-state index contributed by atoms with van der Waals surface area (Å²) in [6, 6.07) is 9.03. The van der Waals surface area contributed by atoms with Gasteiger partial charge in [0.1, 0.15) is 0 Å². The second-order valence-electron chi connectivity index (χ2n) is 6.82. The highest BCUT2D eigenvalue weighted by Gasteiger charge is 2.23. The van der Waals surface area contributed by atoms with Gasteiger partial charge in [0, 0.05) is 26.2 Å². The van der Waals surface area contributed by atoms with Crippen LogP contribution in [0.25, 0.3) is 0 Å². The molecule has 2 saturated heterocycles. The first-order chi connectivity index (χ1) is 11.7. The van der Waals surface area contributed by atoms with E-state index in [1.807, 2.05) is 0 Å². The van der Waals surface area contributed by atoms with Crippen molar-refractivity contribution in [3.8, 4) is 0 Å². The molecule has 1 unspecified atom stereocenters. The first kappa shape index (κ1) is 17.2. The van der Waals surface area contributed by atoms with Crippen molar-refractivity contribution >= 4 is 5.96 Å². The minimum atomic E-state index is 0.275. The summed E-state index contributed by atoms with van der Waals surface area (Å²) in [5.74, 6) is 0.709. The normalized spacial score (nSPS) is 21.7. The van der Waals surface area contributed by atoms with Gasteiger partial charge >= 0.3 is 0 Å². The fourth-order valence-electron chi connectivity index (χ4n) is 3.60. The van der Waals surface area contributed by atoms with Crippen molar-refractivity contribution in [1.82, 2.24) is 9.80 Å². The van der Waals surface area contributed by atoms with E-state index in [0.29, 0.717) is 12.5 Å². The molecule has 2 heterocycles. The van der Waals surface area contributed by atoms with E-state index in [0.717, 1.165) is 39.4 Å². The number of morpholine rings is 1. The van der Waals surface area contributed by atoms with Crippen LogP contribution in [0.2, 0.25) is 0 Å². The van der Waals surface area contributed by atoms with Crippen molar-refractivity contribution in [2.45, 2.75) is 32.2 Å². The van der Waals surface area contributed by atoms with Gasteiger partial charge in [-0.1, -0.05) is 29.8 Å². The zero-order valence-electron chi connectivity index (χ0n) is 14.8. The second-order valence-corrected chi connectivity index (χ2v) is 6.82. The first-order valence-electron chi connectivity index (χ1n) is 9.17. The summed E-state index contributed by atoms with van der Waals surface area (Å²) in [5, 5.41) is 0. The maximum atomic E-state index is 6.27. The van der Waals surface area contributed by atoms with Crippen LogP contribution in [0.1, 0.15) is 36.4 Å². The third-order valence-electron chi connectivity index (χ3n) is 5.02. The summed E-state index contributed by atoms with van der Waals surface area (Å²) in [6.07, 6.45) is 3.76. The second kappa shape index (κ2) is 8.49. The molecule has 1 aromatic rings. The molecule has 5 nitrogen and oxygen atoms in total. The topological polar surface area (TPSA) is 54.1 Å². The van der Waals surface area contributed by atoms with Gasteiger partial charge in [-0.2, -0.15) is 0 Å². The molecule has 0 aromatic heterocycles. The molecule has 0 spiro atoms. The molecule has 2 aliphatic heterocycles. The smallest absolute Gasteiger partial charge is 0.191 e. The fraction of sp³-hybridized carbons (Fsp3) is 0.632. The number of hydrogen-bond donors (Lipinski definition) is 1. The minimum absolute atomic E-state index is 0.275. The van der Waals surface area contributed by atoms with E-state index in [9.17, 15) is 0 Å². The average molecular weight is 330 g/mol. The SMILES string of the molecule is Cc1cccc(C(CN=C(N)N2CCCCC2)N2CCOCC2)c1. The lowest BCUT2D eigenvalue weighted by Crippen LogP contribution is -2.43. The number of rotatable bonds is 4. The number of nitrogens with zero attached hydrogens (tertiary/aromatic N) is 3. The molecular formula is C19H30N4O. The summed E-state index contributed by atoms with van der Waals surface area (Å²) in [7, 11) is 0. The van der Waals surface area contributed by atoms with E-state index in [2.05, 4.69) is 41.0 Å². The van der Waals surface area contributed by atoms with E-state index >= 15 is 0 Å². The molecule has 0 saturated carbocycles. The van der Waals surface area contributed by atoms with Gasteiger partial charge in [-0.3, -0.25) is 9.89 Å². The molecule has 24 heavy (non-hydrogen) atoms. The fourth-order valence-corrected chi connectivity index (χ4v) is 3.60. The summed E-state index contributed by atoms with van der Waals surface area (Å²) in [6.45, 7) is 8.46. The van der Waals surface area contributed by atoms with Crippen molar-refractivity contribution in [2.75, 3.05) is 45.9 Å². The van der Waals surface area contributed by atoms with Crippen LogP contribution in [0.15, 0.2) is 29.3 Å². The zero-order valence-corrected chi connectivity index (χ0v) is 14.8. The van der Waals surface area contributed by atoms with Crippen LogP contribution in [-0.2, 0) is 4.74 Å². The number of aryl methyl sites for hydroxylation is 1. The Morgan fingerprint density at radius 2 is 1.92 bits per heavy atom. The molecule has 0 bridgehead atoms. The Morgan fingerprint density at radius 1 is 1.17 bits per heavy atom. The molecule has 0 radical (unpaired) electrons. The number of hydrogen-bond acceptors (Lipinski definition) is 3. The van der Waals surface area contributed by atoms with Gasteiger partial charge in [-0.15, -0.1) is 0 Å². The number of guanidine groups is 1. The highest BCUT2D eigenvalue weighted by atomic mass is 16.5. The Morgan fingerprint density at radius 3 is 2.62 bits per heavy atom. The van der Waals surface area contributed by atoms with Crippen LogP contribution in [0.4, 0.5) is 0 Å². The van der Waals surface area contributed by atoms with E-state index in [1.54, 1.807) is 0 Å². The monoisotopic (exact) mass is 330 g/mol. The number of piperidine rings is 1. The van der Waals surface area contributed by atoms with Crippen molar-refractivity contribution in [2.24, 2.45) is 10.7 Å². The lowest BCUT2D eigenvalue weighted by Gasteiger charge is -2.34. The summed E-state index contributed by atoms with van der Waals surface area (Å²) >= 11 is 0. The van der Waals surface area contributed by atoms with Gasteiger partial charge in [-0.25, -0.2) is 0 Å². The van der Waals surface area contributed by atoms with E-state index in [4.69, 9.17) is 15.5 Å². The number of likely N-dealkylation sites (tertiary alicyclic amines) is 1. The summed E-state index contributed by atoms with van der Waals surface area (Å²) < 4.78 is 5.52. The number of ether oxygens (including phenoxy) is 1. The largest absolute Gasteiger partial charge is 0.379 e. The van der Waals surface area contributed by atoms with Gasteiger partial charge in [0.05, 0.1) is 25.8 Å². The quantitative estimate of drug-likeness (QED) is 0.679. The van der Waals surface area contributed by atoms with Gasteiger partial charge < -0.3 is 15.4 Å². The Balaban J connectivity index is 1.73. The van der Waals surface area contributed by atoms with Gasteiger partial charge in [0.2, 0.25) is 0 Å².